The number of aromatic nitrogens is 1. The smallest absolute Gasteiger partial charge is 0.231 e. The van der Waals surface area contributed by atoms with Gasteiger partial charge in [0.05, 0.1) is 29.1 Å². The van der Waals surface area contributed by atoms with Crippen LogP contribution in [0.2, 0.25) is 0 Å². The average Bonchev–Trinajstić information content (AvgIpc) is 3.35. The lowest BCUT2D eigenvalue weighted by Crippen LogP contribution is -1.97. The van der Waals surface area contributed by atoms with E-state index >= 15 is 0 Å². The third-order valence-corrected chi connectivity index (χ3v) is 7.62. The highest BCUT2D eigenvalue weighted by atomic mass is 32.1. The van der Waals surface area contributed by atoms with Gasteiger partial charge in [0.1, 0.15) is 11.5 Å². The molecule has 0 saturated carbocycles. The first-order chi connectivity index (χ1) is 18.8. The number of benzene rings is 2. The summed E-state index contributed by atoms with van der Waals surface area (Å²) in [7, 11) is 0. The van der Waals surface area contributed by atoms with E-state index in [4.69, 9.17) is 9.47 Å². The summed E-state index contributed by atoms with van der Waals surface area (Å²) in [6.45, 7) is 6.06. The van der Waals surface area contributed by atoms with Crippen LogP contribution in [0.3, 0.4) is 0 Å². The zero-order valence-electron chi connectivity index (χ0n) is 23.6. The van der Waals surface area contributed by atoms with Crippen molar-refractivity contribution in [2.45, 2.75) is 110 Å². The Labute approximate surface area is 234 Å². The minimum Gasteiger partial charge on any atom is -0.494 e. The number of rotatable bonds is 21. The molecule has 208 valence electrons. The first-order valence-electron chi connectivity index (χ1n) is 15.0. The van der Waals surface area contributed by atoms with Crippen molar-refractivity contribution in [3.63, 3.8) is 0 Å². The molecule has 0 bridgehead atoms. The van der Waals surface area contributed by atoms with Crippen molar-refractivity contribution in [2.75, 3.05) is 13.2 Å². The van der Waals surface area contributed by atoms with Crippen molar-refractivity contribution >= 4 is 32.4 Å². The zero-order chi connectivity index (χ0) is 26.7. The maximum Gasteiger partial charge on any atom is 0.231 e. The number of azo groups is 1. The molecule has 0 aliphatic heterocycles. The van der Waals surface area contributed by atoms with Crippen LogP contribution in [0.4, 0.5) is 10.8 Å². The van der Waals surface area contributed by atoms with E-state index in [0.717, 1.165) is 53.5 Å². The maximum absolute atomic E-state index is 5.98. The van der Waals surface area contributed by atoms with Gasteiger partial charge in [0, 0.05) is 0 Å². The second-order valence-electron chi connectivity index (χ2n) is 10.1. The van der Waals surface area contributed by atoms with E-state index in [1.54, 1.807) is 0 Å². The van der Waals surface area contributed by atoms with Gasteiger partial charge in [-0.05, 0) is 55.3 Å². The third-order valence-electron chi connectivity index (χ3n) is 6.72. The van der Waals surface area contributed by atoms with E-state index in [2.05, 4.69) is 35.1 Å². The van der Waals surface area contributed by atoms with Gasteiger partial charge in [-0.3, -0.25) is 0 Å². The van der Waals surface area contributed by atoms with Crippen molar-refractivity contribution in [1.82, 2.24) is 4.98 Å². The topological polar surface area (TPSA) is 56.1 Å². The standard InChI is InChI=1S/C32H47N3O2S/c1-3-5-7-9-11-13-15-17-25-37-29-22-23-30-31(26-29)38-32(33-30)35-34-27-18-20-28(21-19-27)36-24-16-14-12-10-8-6-4-2/h18-23,26H,3-17,24-25H2,1-2H3. The van der Waals surface area contributed by atoms with E-state index in [0.29, 0.717) is 5.13 Å². The Hall–Kier alpha value is -2.47. The molecular weight excluding hydrogens is 490 g/mol. The zero-order valence-corrected chi connectivity index (χ0v) is 24.4. The quantitative estimate of drug-likeness (QED) is 0.100. The molecule has 3 aromatic rings. The Kier molecular flexibility index (Phi) is 14.8. The summed E-state index contributed by atoms with van der Waals surface area (Å²) >= 11 is 1.54. The summed E-state index contributed by atoms with van der Waals surface area (Å²) in [5.41, 5.74) is 1.72. The largest absolute Gasteiger partial charge is 0.494 e. The van der Waals surface area contributed by atoms with Crippen LogP contribution in [0.5, 0.6) is 11.5 Å². The lowest BCUT2D eigenvalue weighted by Gasteiger charge is -2.06. The average molecular weight is 538 g/mol. The molecule has 0 aliphatic rings. The molecule has 0 radical (unpaired) electrons. The fourth-order valence-electron chi connectivity index (χ4n) is 4.41. The van der Waals surface area contributed by atoms with Crippen LogP contribution in [0.25, 0.3) is 10.2 Å². The Morgan fingerprint density at radius 3 is 1.74 bits per heavy atom. The molecule has 0 saturated heterocycles. The molecule has 3 rings (SSSR count). The highest BCUT2D eigenvalue weighted by molar-refractivity contribution is 7.21. The highest BCUT2D eigenvalue weighted by Gasteiger charge is 2.05. The molecule has 0 unspecified atom stereocenters. The van der Waals surface area contributed by atoms with E-state index in [9.17, 15) is 0 Å². The van der Waals surface area contributed by atoms with Gasteiger partial charge >= 0.3 is 0 Å². The first-order valence-corrected chi connectivity index (χ1v) is 15.8. The Morgan fingerprint density at radius 2 is 1.13 bits per heavy atom. The molecule has 2 aromatic carbocycles. The molecule has 0 amide bonds. The number of nitrogens with zero attached hydrogens (tertiary/aromatic N) is 3. The van der Waals surface area contributed by atoms with Crippen molar-refractivity contribution in [2.24, 2.45) is 10.2 Å². The fourth-order valence-corrected chi connectivity index (χ4v) is 5.23. The summed E-state index contributed by atoms with van der Waals surface area (Å²) in [4.78, 5) is 4.60. The van der Waals surface area contributed by atoms with Gasteiger partial charge in [0.25, 0.3) is 0 Å². The highest BCUT2D eigenvalue weighted by Crippen LogP contribution is 2.32. The van der Waals surface area contributed by atoms with Crippen molar-refractivity contribution < 1.29 is 9.47 Å². The first kappa shape index (κ1) is 30.1. The second-order valence-corrected chi connectivity index (χ2v) is 11.1. The lowest BCUT2D eigenvalue weighted by atomic mass is 10.1. The normalized spacial score (nSPS) is 11.5. The second kappa shape index (κ2) is 18.7. The van der Waals surface area contributed by atoms with Gasteiger partial charge in [-0.2, -0.15) is 0 Å². The molecule has 0 fully saturated rings. The van der Waals surface area contributed by atoms with Gasteiger partial charge in [0.15, 0.2) is 0 Å². The van der Waals surface area contributed by atoms with Gasteiger partial charge in [0.2, 0.25) is 5.13 Å². The number of hydrogen-bond donors (Lipinski definition) is 0. The number of ether oxygens (including phenoxy) is 2. The SMILES string of the molecule is CCCCCCCCCCOc1ccc2nc(N=Nc3ccc(OCCCCCCCCC)cc3)sc2c1. The van der Waals surface area contributed by atoms with E-state index in [1.807, 2.05) is 36.4 Å². The van der Waals surface area contributed by atoms with Crippen LogP contribution in [-0.4, -0.2) is 18.2 Å². The summed E-state index contributed by atoms with van der Waals surface area (Å²) in [6.07, 6.45) is 19.5. The summed E-state index contributed by atoms with van der Waals surface area (Å²) in [6, 6.07) is 13.9. The molecule has 0 N–H and O–H groups in total. The van der Waals surface area contributed by atoms with E-state index in [1.165, 1.54) is 94.8 Å². The molecule has 0 aliphatic carbocycles. The number of unbranched alkanes of at least 4 members (excludes halogenated alkanes) is 13. The predicted molar refractivity (Wildman–Crippen MR) is 162 cm³/mol. The van der Waals surface area contributed by atoms with Gasteiger partial charge in [-0.1, -0.05) is 109 Å². The summed E-state index contributed by atoms with van der Waals surface area (Å²) in [5, 5.41) is 9.38. The molecule has 5 nitrogen and oxygen atoms in total. The van der Waals surface area contributed by atoms with Gasteiger partial charge in [-0.15, -0.1) is 10.2 Å². The van der Waals surface area contributed by atoms with Crippen LogP contribution in [0.1, 0.15) is 110 Å². The van der Waals surface area contributed by atoms with E-state index < -0.39 is 0 Å². The summed E-state index contributed by atoms with van der Waals surface area (Å²) in [5.74, 6) is 1.79. The van der Waals surface area contributed by atoms with E-state index in [-0.39, 0.29) is 0 Å². The van der Waals surface area contributed by atoms with Crippen LogP contribution >= 0.6 is 11.3 Å². The molecule has 6 heteroatoms. The van der Waals surface area contributed by atoms with Crippen LogP contribution in [0, 0.1) is 0 Å². The molecule has 38 heavy (non-hydrogen) atoms. The molecule has 1 aromatic heterocycles. The maximum atomic E-state index is 5.98. The Balaban J connectivity index is 1.35. The Bertz CT molecular complexity index is 1050. The minimum atomic E-state index is 0.652. The van der Waals surface area contributed by atoms with Crippen molar-refractivity contribution in [3.05, 3.63) is 42.5 Å². The fraction of sp³-hybridized carbons (Fsp3) is 0.594. The van der Waals surface area contributed by atoms with Crippen molar-refractivity contribution in [1.29, 1.82) is 0 Å². The van der Waals surface area contributed by atoms with Gasteiger partial charge in [-0.25, -0.2) is 4.98 Å². The third kappa shape index (κ3) is 11.9. The van der Waals surface area contributed by atoms with Crippen molar-refractivity contribution in [3.8, 4) is 11.5 Å². The molecule has 0 spiro atoms. The number of hydrogen-bond acceptors (Lipinski definition) is 6. The summed E-state index contributed by atoms with van der Waals surface area (Å²) < 4.78 is 12.9. The number of thiazole rings is 1. The molecule has 0 atom stereocenters. The van der Waals surface area contributed by atoms with Crippen LogP contribution in [0.15, 0.2) is 52.7 Å². The van der Waals surface area contributed by atoms with Crippen LogP contribution in [-0.2, 0) is 0 Å². The predicted octanol–water partition coefficient (Wildman–Crippen LogP) is 11.4. The lowest BCUT2D eigenvalue weighted by molar-refractivity contribution is 0.304. The minimum absolute atomic E-state index is 0.652. The number of fused-ring (bicyclic) bond motifs is 1. The molecule has 1 heterocycles. The molecular formula is C32H47N3O2S. The Morgan fingerprint density at radius 1 is 0.605 bits per heavy atom. The van der Waals surface area contributed by atoms with Crippen LogP contribution < -0.4 is 9.47 Å². The monoisotopic (exact) mass is 537 g/mol. The van der Waals surface area contributed by atoms with Gasteiger partial charge < -0.3 is 9.47 Å².